The van der Waals surface area contributed by atoms with E-state index in [0.717, 1.165) is 0 Å². The van der Waals surface area contributed by atoms with E-state index in [9.17, 15) is 4.79 Å². The molecule has 0 aliphatic heterocycles. The Labute approximate surface area is 139 Å². The van der Waals surface area contributed by atoms with Gasteiger partial charge in [-0.15, -0.1) is 5.10 Å². The maximum absolute atomic E-state index is 12.1. The molecule has 1 atom stereocenters. The topological polar surface area (TPSA) is 118 Å². The van der Waals surface area contributed by atoms with Crippen LogP contribution in [0.15, 0.2) is 18.2 Å². The summed E-state index contributed by atoms with van der Waals surface area (Å²) in [5.41, 5.74) is 1.17. The van der Waals surface area contributed by atoms with Crippen molar-refractivity contribution in [2.75, 3.05) is 12.4 Å². The molecule has 0 fully saturated rings. The van der Waals surface area contributed by atoms with Crippen LogP contribution in [0.25, 0.3) is 5.69 Å². The number of aryl methyl sites for hydroxylation is 1. The van der Waals surface area contributed by atoms with E-state index < -0.39 is 0 Å². The zero-order valence-corrected chi connectivity index (χ0v) is 13.8. The van der Waals surface area contributed by atoms with E-state index in [2.05, 4.69) is 32.2 Å². The minimum absolute atomic E-state index is 0.186. The summed E-state index contributed by atoms with van der Waals surface area (Å²) >= 11 is 0. The predicted octanol–water partition coefficient (Wildman–Crippen LogP) is 1.79. The van der Waals surface area contributed by atoms with E-state index in [4.69, 9.17) is 10.00 Å². The maximum atomic E-state index is 12.1. The van der Waals surface area contributed by atoms with Crippen LogP contribution >= 0.6 is 0 Å². The lowest BCUT2D eigenvalue weighted by Crippen LogP contribution is -2.37. The lowest BCUT2D eigenvalue weighted by Gasteiger charge is -2.15. The number of tetrazole rings is 1. The van der Waals surface area contributed by atoms with Gasteiger partial charge in [-0.05, 0) is 42.0 Å². The minimum Gasteiger partial charge on any atom is -0.494 e. The van der Waals surface area contributed by atoms with E-state index in [1.54, 1.807) is 32.2 Å². The van der Waals surface area contributed by atoms with Crippen LogP contribution in [0.4, 0.5) is 10.5 Å². The van der Waals surface area contributed by atoms with Crippen LogP contribution in [-0.2, 0) is 0 Å². The molecule has 0 radical (unpaired) electrons. The number of aromatic nitrogens is 4. The number of urea groups is 1. The molecule has 126 valence electrons. The van der Waals surface area contributed by atoms with E-state index in [-0.39, 0.29) is 18.5 Å². The average Bonchev–Trinajstić information content (AvgIpc) is 3.00. The Morgan fingerprint density at radius 2 is 2.29 bits per heavy atom. The molecule has 0 saturated heterocycles. The van der Waals surface area contributed by atoms with Crippen molar-refractivity contribution in [1.29, 1.82) is 5.26 Å². The van der Waals surface area contributed by atoms with Gasteiger partial charge in [-0.25, -0.2) is 4.79 Å². The molecule has 2 amide bonds. The summed E-state index contributed by atoms with van der Waals surface area (Å²) in [4.78, 5) is 12.1. The standard InChI is InChI=1S/C15H19N7O2/c1-4-11(7-8-16)17-15(23)18-12-5-6-14(24-3)13(9-12)22-10(2)19-20-21-22/h5-6,9,11H,4,7H2,1-3H3,(H2,17,18,23)/t11-/m1/s1. The van der Waals surface area contributed by atoms with E-state index in [1.807, 2.05) is 6.92 Å². The van der Waals surface area contributed by atoms with Crippen LogP contribution in [0.1, 0.15) is 25.6 Å². The summed E-state index contributed by atoms with van der Waals surface area (Å²) in [5, 5.41) is 25.6. The second-order valence-corrected chi connectivity index (χ2v) is 5.09. The summed E-state index contributed by atoms with van der Waals surface area (Å²) in [6.07, 6.45) is 0.945. The molecule has 1 aromatic carbocycles. The Balaban J connectivity index is 2.19. The van der Waals surface area contributed by atoms with Crippen LogP contribution in [0.5, 0.6) is 5.75 Å². The zero-order chi connectivity index (χ0) is 17.5. The number of carbonyl (C=O) groups excluding carboxylic acids is 1. The smallest absolute Gasteiger partial charge is 0.319 e. The number of hydrogen-bond acceptors (Lipinski definition) is 6. The molecule has 0 aliphatic rings. The van der Waals surface area contributed by atoms with Crippen molar-refractivity contribution in [3.63, 3.8) is 0 Å². The molecule has 1 aromatic heterocycles. The molecule has 0 aliphatic carbocycles. The monoisotopic (exact) mass is 329 g/mol. The summed E-state index contributed by atoms with van der Waals surface area (Å²) in [6.45, 7) is 3.67. The number of anilines is 1. The first-order valence-corrected chi connectivity index (χ1v) is 7.46. The number of hydrogen-bond donors (Lipinski definition) is 2. The van der Waals surface area contributed by atoms with Crippen LogP contribution in [-0.4, -0.2) is 39.4 Å². The predicted molar refractivity (Wildman–Crippen MR) is 86.9 cm³/mol. The molecule has 0 bridgehead atoms. The number of amides is 2. The van der Waals surface area contributed by atoms with Gasteiger partial charge in [0, 0.05) is 11.7 Å². The summed E-state index contributed by atoms with van der Waals surface area (Å²) in [5.74, 6) is 1.17. The Morgan fingerprint density at radius 1 is 1.50 bits per heavy atom. The molecule has 2 aromatic rings. The van der Waals surface area contributed by atoms with Crippen LogP contribution in [0.3, 0.4) is 0 Å². The molecule has 24 heavy (non-hydrogen) atoms. The Bertz CT molecular complexity index is 751. The van der Waals surface area contributed by atoms with Gasteiger partial charge in [-0.1, -0.05) is 6.92 Å². The van der Waals surface area contributed by atoms with Crippen molar-refractivity contribution in [2.24, 2.45) is 0 Å². The molecule has 2 N–H and O–H groups in total. The number of rotatable bonds is 6. The second-order valence-electron chi connectivity index (χ2n) is 5.09. The molecule has 1 heterocycles. The fourth-order valence-electron chi connectivity index (χ4n) is 2.15. The fraction of sp³-hybridized carbons (Fsp3) is 0.400. The van der Waals surface area contributed by atoms with Gasteiger partial charge in [0.25, 0.3) is 0 Å². The van der Waals surface area contributed by atoms with Gasteiger partial charge in [0.15, 0.2) is 5.82 Å². The lowest BCUT2D eigenvalue weighted by atomic mass is 10.2. The van der Waals surface area contributed by atoms with E-state index in [0.29, 0.717) is 29.4 Å². The number of ether oxygens (including phenoxy) is 1. The Kier molecular flexibility index (Phi) is 5.68. The van der Waals surface area contributed by atoms with E-state index in [1.165, 1.54) is 4.68 Å². The largest absolute Gasteiger partial charge is 0.494 e. The third-order valence-electron chi connectivity index (χ3n) is 3.46. The number of methoxy groups -OCH3 is 1. The Morgan fingerprint density at radius 3 is 2.88 bits per heavy atom. The number of benzene rings is 1. The van der Waals surface area contributed by atoms with Crippen molar-refractivity contribution in [2.45, 2.75) is 32.7 Å². The van der Waals surface area contributed by atoms with Crippen LogP contribution in [0.2, 0.25) is 0 Å². The van der Waals surface area contributed by atoms with Crippen molar-refractivity contribution in [3.05, 3.63) is 24.0 Å². The van der Waals surface area contributed by atoms with Gasteiger partial charge in [0.2, 0.25) is 0 Å². The zero-order valence-electron chi connectivity index (χ0n) is 13.8. The third kappa shape index (κ3) is 3.98. The number of nitriles is 1. The van der Waals surface area contributed by atoms with Crippen LogP contribution < -0.4 is 15.4 Å². The first kappa shape index (κ1) is 17.2. The third-order valence-corrected chi connectivity index (χ3v) is 3.46. The van der Waals surface area contributed by atoms with Gasteiger partial charge in [-0.2, -0.15) is 9.94 Å². The SMILES string of the molecule is CC[C@H](CC#N)NC(=O)Nc1ccc(OC)c(-n2nnnc2C)c1. The second kappa shape index (κ2) is 7.92. The number of nitrogens with zero attached hydrogens (tertiary/aromatic N) is 5. The normalized spacial score (nSPS) is 11.4. The number of nitrogens with one attached hydrogen (secondary N) is 2. The highest BCUT2D eigenvalue weighted by Crippen LogP contribution is 2.26. The van der Waals surface area contributed by atoms with Crippen molar-refractivity contribution >= 4 is 11.7 Å². The maximum Gasteiger partial charge on any atom is 0.319 e. The van der Waals surface area contributed by atoms with Gasteiger partial charge in [0.1, 0.15) is 11.4 Å². The fourth-order valence-corrected chi connectivity index (χ4v) is 2.15. The average molecular weight is 329 g/mol. The van der Waals surface area contributed by atoms with Crippen molar-refractivity contribution in [1.82, 2.24) is 25.5 Å². The summed E-state index contributed by atoms with van der Waals surface area (Å²) < 4.78 is 6.84. The van der Waals surface area contributed by atoms with Gasteiger partial charge in [-0.3, -0.25) is 0 Å². The summed E-state index contributed by atoms with van der Waals surface area (Å²) in [6, 6.07) is 6.64. The molecular weight excluding hydrogens is 310 g/mol. The lowest BCUT2D eigenvalue weighted by molar-refractivity contribution is 0.248. The molecule has 9 heteroatoms. The van der Waals surface area contributed by atoms with E-state index >= 15 is 0 Å². The highest BCUT2D eigenvalue weighted by atomic mass is 16.5. The molecule has 2 rings (SSSR count). The molecule has 0 saturated carbocycles. The van der Waals surface area contributed by atoms with Gasteiger partial charge < -0.3 is 15.4 Å². The van der Waals surface area contributed by atoms with Crippen molar-refractivity contribution < 1.29 is 9.53 Å². The number of carbonyl (C=O) groups is 1. The molecular formula is C15H19N7O2. The minimum atomic E-state index is -0.373. The van der Waals surface area contributed by atoms with Gasteiger partial charge >= 0.3 is 6.03 Å². The molecule has 9 nitrogen and oxygen atoms in total. The quantitative estimate of drug-likeness (QED) is 0.834. The highest BCUT2D eigenvalue weighted by Gasteiger charge is 2.14. The van der Waals surface area contributed by atoms with Gasteiger partial charge in [0.05, 0.1) is 19.6 Å². The first-order chi connectivity index (χ1) is 11.6. The highest BCUT2D eigenvalue weighted by molar-refractivity contribution is 5.90. The Hall–Kier alpha value is -3.15. The van der Waals surface area contributed by atoms with Crippen LogP contribution in [0, 0.1) is 18.3 Å². The van der Waals surface area contributed by atoms with Crippen molar-refractivity contribution in [3.8, 4) is 17.5 Å². The first-order valence-electron chi connectivity index (χ1n) is 7.46. The summed E-state index contributed by atoms with van der Waals surface area (Å²) in [7, 11) is 1.55. The molecule has 0 unspecified atom stereocenters. The molecule has 0 spiro atoms.